The van der Waals surface area contributed by atoms with Crippen molar-refractivity contribution in [3.63, 3.8) is 0 Å². The Morgan fingerprint density at radius 1 is 1.14 bits per heavy atom. The summed E-state index contributed by atoms with van der Waals surface area (Å²) in [5, 5.41) is 3.53. The van der Waals surface area contributed by atoms with E-state index in [2.05, 4.69) is 29.6 Å². The molecule has 0 spiro atoms. The number of anilines is 1. The van der Waals surface area contributed by atoms with Gasteiger partial charge in [0.2, 0.25) is 0 Å². The van der Waals surface area contributed by atoms with E-state index in [4.69, 9.17) is 5.73 Å². The second-order valence-corrected chi connectivity index (χ2v) is 4.13. The molecule has 1 aromatic rings. The van der Waals surface area contributed by atoms with Crippen molar-refractivity contribution in [3.05, 3.63) is 30.3 Å². The van der Waals surface area contributed by atoms with Crippen molar-refractivity contribution in [1.82, 2.24) is 0 Å². The molecular formula is C12H18N2. The zero-order valence-electron chi connectivity index (χ0n) is 8.45. The van der Waals surface area contributed by atoms with E-state index in [0.717, 1.165) is 6.42 Å². The highest BCUT2D eigenvalue weighted by atomic mass is 14.9. The molecular weight excluding hydrogens is 172 g/mol. The molecule has 0 amide bonds. The summed E-state index contributed by atoms with van der Waals surface area (Å²) in [5.41, 5.74) is 7.15. The van der Waals surface area contributed by atoms with E-state index in [-0.39, 0.29) is 0 Å². The standard InChI is InChI=1S/C12H18N2/c13-10-5-4-8-12(9-10)14-11-6-2-1-3-7-11/h1-3,6-7,10,12,14H,4-5,8-9,13H2/t10-,12+/m1/s1. The maximum absolute atomic E-state index is 5.94. The van der Waals surface area contributed by atoms with Gasteiger partial charge in [0.1, 0.15) is 0 Å². The molecule has 2 heteroatoms. The summed E-state index contributed by atoms with van der Waals surface area (Å²) in [6, 6.07) is 11.3. The van der Waals surface area contributed by atoms with Crippen LogP contribution in [0.4, 0.5) is 5.69 Å². The summed E-state index contributed by atoms with van der Waals surface area (Å²) in [6.45, 7) is 0. The Labute approximate surface area is 85.5 Å². The summed E-state index contributed by atoms with van der Waals surface area (Å²) < 4.78 is 0. The van der Waals surface area contributed by atoms with Gasteiger partial charge in [-0.15, -0.1) is 0 Å². The number of hydrogen-bond donors (Lipinski definition) is 2. The van der Waals surface area contributed by atoms with Crippen molar-refractivity contribution in [1.29, 1.82) is 0 Å². The molecule has 0 bridgehead atoms. The first-order valence-electron chi connectivity index (χ1n) is 5.42. The van der Waals surface area contributed by atoms with Gasteiger partial charge in [-0.25, -0.2) is 0 Å². The maximum atomic E-state index is 5.94. The number of nitrogens with one attached hydrogen (secondary N) is 1. The van der Waals surface area contributed by atoms with Gasteiger partial charge >= 0.3 is 0 Å². The molecule has 14 heavy (non-hydrogen) atoms. The van der Waals surface area contributed by atoms with Crippen molar-refractivity contribution in [2.75, 3.05) is 5.32 Å². The van der Waals surface area contributed by atoms with E-state index in [9.17, 15) is 0 Å². The molecule has 0 aromatic heterocycles. The van der Waals surface area contributed by atoms with Crippen LogP contribution in [-0.4, -0.2) is 12.1 Å². The molecule has 2 nitrogen and oxygen atoms in total. The van der Waals surface area contributed by atoms with Gasteiger partial charge in [-0.2, -0.15) is 0 Å². The van der Waals surface area contributed by atoms with Crippen molar-refractivity contribution < 1.29 is 0 Å². The van der Waals surface area contributed by atoms with E-state index >= 15 is 0 Å². The Morgan fingerprint density at radius 2 is 1.93 bits per heavy atom. The van der Waals surface area contributed by atoms with Crippen LogP contribution in [-0.2, 0) is 0 Å². The molecule has 1 aliphatic carbocycles. The van der Waals surface area contributed by atoms with Gasteiger partial charge in [0, 0.05) is 17.8 Å². The Balaban J connectivity index is 1.91. The lowest BCUT2D eigenvalue weighted by Crippen LogP contribution is -2.34. The zero-order chi connectivity index (χ0) is 9.80. The monoisotopic (exact) mass is 190 g/mol. The van der Waals surface area contributed by atoms with Crippen LogP contribution in [0, 0.1) is 0 Å². The second kappa shape index (κ2) is 4.47. The third kappa shape index (κ3) is 2.48. The molecule has 76 valence electrons. The van der Waals surface area contributed by atoms with Crippen molar-refractivity contribution >= 4 is 5.69 Å². The van der Waals surface area contributed by atoms with Crippen LogP contribution in [0.2, 0.25) is 0 Å². The predicted molar refractivity (Wildman–Crippen MR) is 60.3 cm³/mol. The van der Waals surface area contributed by atoms with E-state index < -0.39 is 0 Å². The second-order valence-electron chi connectivity index (χ2n) is 4.13. The SMILES string of the molecule is N[C@@H]1CCC[C@H](Nc2ccccc2)C1. The normalized spacial score (nSPS) is 27.2. The lowest BCUT2D eigenvalue weighted by molar-refractivity contribution is 0.409. The molecule has 1 fully saturated rings. The smallest absolute Gasteiger partial charge is 0.0342 e. The number of para-hydroxylation sites is 1. The number of hydrogen-bond acceptors (Lipinski definition) is 2. The molecule has 1 saturated carbocycles. The van der Waals surface area contributed by atoms with Crippen LogP contribution in [0.25, 0.3) is 0 Å². The van der Waals surface area contributed by atoms with Gasteiger partial charge < -0.3 is 11.1 Å². The van der Waals surface area contributed by atoms with Gasteiger partial charge in [0.05, 0.1) is 0 Å². The van der Waals surface area contributed by atoms with Crippen molar-refractivity contribution in [3.8, 4) is 0 Å². The fourth-order valence-corrected chi connectivity index (χ4v) is 2.13. The average Bonchev–Trinajstić information content (AvgIpc) is 2.19. The fraction of sp³-hybridized carbons (Fsp3) is 0.500. The molecule has 0 radical (unpaired) electrons. The highest BCUT2D eigenvalue weighted by molar-refractivity contribution is 5.43. The number of rotatable bonds is 2. The maximum Gasteiger partial charge on any atom is 0.0342 e. The van der Waals surface area contributed by atoms with Crippen LogP contribution >= 0.6 is 0 Å². The molecule has 2 rings (SSSR count). The molecule has 0 unspecified atom stereocenters. The Bertz CT molecular complexity index is 271. The van der Waals surface area contributed by atoms with E-state index in [1.165, 1.54) is 24.9 Å². The third-order valence-corrected chi connectivity index (χ3v) is 2.86. The first kappa shape index (κ1) is 9.53. The molecule has 3 N–H and O–H groups in total. The van der Waals surface area contributed by atoms with Crippen molar-refractivity contribution in [2.45, 2.75) is 37.8 Å². The topological polar surface area (TPSA) is 38.0 Å². The fourth-order valence-electron chi connectivity index (χ4n) is 2.13. The first-order valence-corrected chi connectivity index (χ1v) is 5.42. The van der Waals surface area contributed by atoms with Crippen molar-refractivity contribution in [2.24, 2.45) is 5.73 Å². The summed E-state index contributed by atoms with van der Waals surface area (Å²) in [6.07, 6.45) is 4.80. The average molecular weight is 190 g/mol. The Hall–Kier alpha value is -1.02. The predicted octanol–water partition coefficient (Wildman–Crippen LogP) is 2.37. The minimum atomic E-state index is 0.393. The third-order valence-electron chi connectivity index (χ3n) is 2.86. The summed E-state index contributed by atoms with van der Waals surface area (Å²) >= 11 is 0. The molecule has 1 aliphatic rings. The molecule has 1 aromatic carbocycles. The largest absolute Gasteiger partial charge is 0.382 e. The minimum absolute atomic E-state index is 0.393. The molecule has 2 atom stereocenters. The number of nitrogens with two attached hydrogens (primary N) is 1. The van der Waals surface area contributed by atoms with Crippen LogP contribution in [0.3, 0.4) is 0 Å². The highest BCUT2D eigenvalue weighted by Crippen LogP contribution is 2.20. The van der Waals surface area contributed by atoms with Crippen LogP contribution in [0.1, 0.15) is 25.7 Å². The summed E-state index contributed by atoms with van der Waals surface area (Å²) in [7, 11) is 0. The lowest BCUT2D eigenvalue weighted by atomic mass is 9.91. The minimum Gasteiger partial charge on any atom is -0.382 e. The van der Waals surface area contributed by atoms with Gasteiger partial charge in [0.15, 0.2) is 0 Å². The van der Waals surface area contributed by atoms with Gasteiger partial charge in [-0.3, -0.25) is 0 Å². The molecule has 0 saturated heterocycles. The Kier molecular flexibility index (Phi) is 3.04. The molecule has 0 aliphatic heterocycles. The number of benzene rings is 1. The quantitative estimate of drug-likeness (QED) is 0.751. The van der Waals surface area contributed by atoms with Gasteiger partial charge in [0.25, 0.3) is 0 Å². The van der Waals surface area contributed by atoms with E-state index in [1.807, 2.05) is 6.07 Å². The zero-order valence-corrected chi connectivity index (χ0v) is 8.45. The van der Waals surface area contributed by atoms with Gasteiger partial charge in [-0.1, -0.05) is 18.2 Å². The summed E-state index contributed by atoms with van der Waals surface area (Å²) in [5.74, 6) is 0. The molecule has 0 heterocycles. The Morgan fingerprint density at radius 3 is 2.64 bits per heavy atom. The van der Waals surface area contributed by atoms with E-state index in [0.29, 0.717) is 12.1 Å². The van der Waals surface area contributed by atoms with Crippen LogP contribution in [0.5, 0.6) is 0 Å². The highest BCUT2D eigenvalue weighted by Gasteiger charge is 2.18. The van der Waals surface area contributed by atoms with Crippen LogP contribution < -0.4 is 11.1 Å². The van der Waals surface area contributed by atoms with Crippen LogP contribution in [0.15, 0.2) is 30.3 Å². The lowest BCUT2D eigenvalue weighted by Gasteiger charge is -2.28. The summed E-state index contributed by atoms with van der Waals surface area (Å²) in [4.78, 5) is 0. The first-order chi connectivity index (χ1) is 6.84. The van der Waals surface area contributed by atoms with E-state index in [1.54, 1.807) is 0 Å². The van der Waals surface area contributed by atoms with Gasteiger partial charge in [-0.05, 0) is 37.8 Å².